The summed E-state index contributed by atoms with van der Waals surface area (Å²) >= 11 is 1.03. The van der Waals surface area contributed by atoms with Crippen LogP contribution in [0.3, 0.4) is 0 Å². The highest BCUT2D eigenvalue weighted by Crippen LogP contribution is 2.22. The van der Waals surface area contributed by atoms with Gasteiger partial charge in [0, 0.05) is 0 Å². The number of rotatable bonds is 3. The summed E-state index contributed by atoms with van der Waals surface area (Å²) < 4.78 is 0. The van der Waals surface area contributed by atoms with E-state index >= 15 is 0 Å². The molecule has 0 spiro atoms. The van der Waals surface area contributed by atoms with E-state index in [1.54, 1.807) is 0 Å². The molecular weight excluding hydrogens is 188 g/mol. The Morgan fingerprint density at radius 3 is 2.77 bits per heavy atom. The van der Waals surface area contributed by atoms with Crippen molar-refractivity contribution < 1.29 is 9.90 Å². The van der Waals surface area contributed by atoms with Crippen molar-refractivity contribution in [3.63, 3.8) is 0 Å². The van der Waals surface area contributed by atoms with Crippen molar-refractivity contribution in [1.29, 1.82) is 0 Å². The van der Waals surface area contributed by atoms with Crippen molar-refractivity contribution in [2.24, 2.45) is 5.92 Å². The van der Waals surface area contributed by atoms with Gasteiger partial charge in [-0.25, -0.2) is 9.78 Å². The number of carboxylic acids is 1. The Labute approximate surface area is 80.4 Å². The summed E-state index contributed by atoms with van der Waals surface area (Å²) in [5.74, 6) is -0.551. The van der Waals surface area contributed by atoms with Crippen LogP contribution in [0.15, 0.2) is 0 Å². The van der Waals surface area contributed by atoms with Gasteiger partial charge in [-0.3, -0.25) is 0 Å². The zero-order valence-electron chi connectivity index (χ0n) is 7.57. The molecule has 1 aromatic heterocycles. The summed E-state index contributed by atoms with van der Waals surface area (Å²) in [5, 5.41) is 9.13. The molecule has 1 rings (SSSR count). The van der Waals surface area contributed by atoms with Crippen molar-refractivity contribution in [3.8, 4) is 0 Å². The van der Waals surface area contributed by atoms with E-state index in [9.17, 15) is 4.79 Å². The van der Waals surface area contributed by atoms with Gasteiger partial charge in [0.1, 0.15) is 4.88 Å². The second-order valence-corrected chi connectivity index (χ2v) is 4.26. The minimum atomic E-state index is -0.940. The lowest BCUT2D eigenvalue weighted by Gasteiger charge is -2.01. The number of nitrogen functional groups attached to an aromatic ring is 1. The molecule has 1 aromatic rings. The molecular formula is C8H12N2O2S. The summed E-state index contributed by atoms with van der Waals surface area (Å²) in [5.41, 5.74) is 6.04. The molecule has 0 aliphatic rings. The zero-order valence-corrected chi connectivity index (χ0v) is 8.39. The third kappa shape index (κ3) is 2.42. The largest absolute Gasteiger partial charge is 0.477 e. The molecule has 13 heavy (non-hydrogen) atoms. The third-order valence-corrected chi connectivity index (χ3v) is 2.42. The van der Waals surface area contributed by atoms with E-state index in [1.807, 2.05) is 13.8 Å². The van der Waals surface area contributed by atoms with Crippen LogP contribution in [-0.2, 0) is 6.42 Å². The van der Waals surface area contributed by atoms with Crippen LogP contribution in [0.4, 0.5) is 5.13 Å². The molecule has 0 fully saturated rings. The standard InChI is InChI=1S/C8H12N2O2S/c1-4(2)3-5-6(7(11)12)13-8(9)10-5/h4H,3H2,1-2H3,(H2,9,10)(H,11,12). The monoisotopic (exact) mass is 200 g/mol. The quantitative estimate of drug-likeness (QED) is 0.777. The number of nitrogens with zero attached hydrogens (tertiary/aromatic N) is 1. The number of aromatic nitrogens is 1. The Morgan fingerprint density at radius 2 is 2.31 bits per heavy atom. The van der Waals surface area contributed by atoms with Crippen LogP contribution in [0, 0.1) is 5.92 Å². The van der Waals surface area contributed by atoms with E-state index in [0.29, 0.717) is 23.2 Å². The first-order valence-corrected chi connectivity index (χ1v) is 4.80. The molecule has 0 aromatic carbocycles. The first kappa shape index (κ1) is 9.98. The molecule has 0 radical (unpaired) electrons. The topological polar surface area (TPSA) is 76.2 Å². The second-order valence-electron chi connectivity index (χ2n) is 3.23. The smallest absolute Gasteiger partial charge is 0.347 e. The van der Waals surface area contributed by atoms with Gasteiger partial charge < -0.3 is 10.8 Å². The molecule has 4 nitrogen and oxygen atoms in total. The molecule has 0 aliphatic carbocycles. The summed E-state index contributed by atoms with van der Waals surface area (Å²) in [6.45, 7) is 4.03. The predicted molar refractivity (Wildman–Crippen MR) is 52.0 cm³/mol. The summed E-state index contributed by atoms with van der Waals surface area (Å²) in [4.78, 5) is 15.0. The Balaban J connectivity index is 2.97. The van der Waals surface area contributed by atoms with Gasteiger partial charge in [-0.15, -0.1) is 0 Å². The Bertz CT molecular complexity index is 320. The molecule has 5 heteroatoms. The van der Waals surface area contributed by atoms with E-state index in [2.05, 4.69) is 4.98 Å². The first-order chi connectivity index (χ1) is 6.00. The van der Waals surface area contributed by atoms with Crippen LogP contribution in [0.1, 0.15) is 29.2 Å². The maximum Gasteiger partial charge on any atom is 0.347 e. The minimum absolute atomic E-state index is 0.270. The van der Waals surface area contributed by atoms with E-state index in [1.165, 1.54) is 0 Å². The normalized spacial score (nSPS) is 10.7. The second kappa shape index (κ2) is 3.74. The van der Waals surface area contributed by atoms with E-state index in [-0.39, 0.29) is 4.88 Å². The fraction of sp³-hybridized carbons (Fsp3) is 0.500. The van der Waals surface area contributed by atoms with Gasteiger partial charge in [-0.2, -0.15) is 0 Å². The van der Waals surface area contributed by atoms with Crippen molar-refractivity contribution in [2.75, 3.05) is 5.73 Å². The SMILES string of the molecule is CC(C)Cc1nc(N)sc1C(=O)O. The van der Waals surface area contributed by atoms with Gasteiger partial charge in [0.2, 0.25) is 0 Å². The Kier molecular flexibility index (Phi) is 2.87. The highest BCUT2D eigenvalue weighted by atomic mass is 32.1. The Morgan fingerprint density at radius 1 is 1.69 bits per heavy atom. The van der Waals surface area contributed by atoms with Crippen LogP contribution in [0.25, 0.3) is 0 Å². The number of carboxylic acid groups (broad SMARTS) is 1. The van der Waals surface area contributed by atoms with Crippen LogP contribution in [-0.4, -0.2) is 16.1 Å². The fourth-order valence-electron chi connectivity index (χ4n) is 1.06. The van der Waals surface area contributed by atoms with Crippen molar-refractivity contribution >= 4 is 22.4 Å². The van der Waals surface area contributed by atoms with Crippen LogP contribution in [0.5, 0.6) is 0 Å². The van der Waals surface area contributed by atoms with Gasteiger partial charge in [0.25, 0.3) is 0 Å². The fourth-order valence-corrected chi connectivity index (χ4v) is 1.76. The van der Waals surface area contributed by atoms with E-state index in [4.69, 9.17) is 10.8 Å². The molecule has 0 atom stereocenters. The first-order valence-electron chi connectivity index (χ1n) is 3.99. The zero-order chi connectivity index (χ0) is 10.0. The van der Waals surface area contributed by atoms with E-state index < -0.39 is 5.97 Å². The minimum Gasteiger partial charge on any atom is -0.477 e. The van der Waals surface area contributed by atoms with Crippen LogP contribution in [0.2, 0.25) is 0 Å². The lowest BCUT2D eigenvalue weighted by Crippen LogP contribution is -2.02. The summed E-state index contributed by atoms with van der Waals surface area (Å²) in [7, 11) is 0. The molecule has 0 unspecified atom stereocenters. The van der Waals surface area contributed by atoms with Crippen LogP contribution >= 0.6 is 11.3 Å². The van der Waals surface area contributed by atoms with Gasteiger partial charge >= 0.3 is 5.97 Å². The van der Waals surface area contributed by atoms with E-state index in [0.717, 1.165) is 11.3 Å². The molecule has 0 bridgehead atoms. The summed E-state index contributed by atoms with van der Waals surface area (Å²) in [6, 6.07) is 0. The maximum absolute atomic E-state index is 10.7. The molecule has 3 N–H and O–H groups in total. The van der Waals surface area contributed by atoms with Gasteiger partial charge in [-0.1, -0.05) is 25.2 Å². The lowest BCUT2D eigenvalue weighted by molar-refractivity contribution is 0.0700. The average molecular weight is 200 g/mol. The third-order valence-electron chi connectivity index (χ3n) is 1.51. The number of aromatic carboxylic acids is 1. The molecule has 72 valence electrons. The predicted octanol–water partition coefficient (Wildman–Crippen LogP) is 1.62. The van der Waals surface area contributed by atoms with Crippen LogP contribution < -0.4 is 5.73 Å². The van der Waals surface area contributed by atoms with Gasteiger partial charge in [-0.05, 0) is 12.3 Å². The molecule has 0 amide bonds. The Hall–Kier alpha value is -1.10. The highest BCUT2D eigenvalue weighted by Gasteiger charge is 2.16. The summed E-state index contributed by atoms with van der Waals surface area (Å²) in [6.07, 6.45) is 0.662. The van der Waals surface area contributed by atoms with Gasteiger partial charge in [0.05, 0.1) is 5.69 Å². The van der Waals surface area contributed by atoms with Crippen molar-refractivity contribution in [3.05, 3.63) is 10.6 Å². The maximum atomic E-state index is 10.7. The number of nitrogens with two attached hydrogens (primary N) is 1. The number of thiazole rings is 1. The van der Waals surface area contributed by atoms with Gasteiger partial charge in [0.15, 0.2) is 5.13 Å². The number of carbonyl (C=O) groups is 1. The molecule has 0 aliphatic heterocycles. The highest BCUT2D eigenvalue weighted by molar-refractivity contribution is 7.17. The molecule has 0 saturated heterocycles. The average Bonchev–Trinajstić information content (AvgIpc) is 2.29. The van der Waals surface area contributed by atoms with Crippen molar-refractivity contribution in [2.45, 2.75) is 20.3 Å². The number of hydrogen-bond acceptors (Lipinski definition) is 4. The molecule has 1 heterocycles. The lowest BCUT2D eigenvalue weighted by atomic mass is 10.1. The number of hydrogen-bond donors (Lipinski definition) is 2. The molecule has 0 saturated carbocycles. The van der Waals surface area contributed by atoms with Crippen molar-refractivity contribution in [1.82, 2.24) is 4.98 Å². The number of anilines is 1.